The van der Waals surface area contributed by atoms with Crippen LogP contribution in [0, 0.1) is 0 Å². The van der Waals surface area contributed by atoms with E-state index in [1.54, 1.807) is 36.4 Å². The molecule has 0 atom stereocenters. The summed E-state index contributed by atoms with van der Waals surface area (Å²) in [5.74, 6) is 0.527. The van der Waals surface area contributed by atoms with E-state index in [-0.39, 0.29) is 16.9 Å². The Morgan fingerprint density at radius 1 is 1.09 bits per heavy atom. The van der Waals surface area contributed by atoms with E-state index in [0.717, 1.165) is 0 Å². The average Bonchev–Trinajstić information content (AvgIpc) is 2.77. The van der Waals surface area contributed by atoms with Crippen molar-refractivity contribution in [3.63, 3.8) is 0 Å². The molecular formula is C21H19ClN6O4. The van der Waals surface area contributed by atoms with E-state index in [9.17, 15) is 9.59 Å². The van der Waals surface area contributed by atoms with Crippen molar-refractivity contribution in [2.45, 2.75) is 0 Å². The van der Waals surface area contributed by atoms with Crippen LogP contribution in [0.4, 0.5) is 39.3 Å². The van der Waals surface area contributed by atoms with Gasteiger partial charge >= 0.3 is 6.09 Å². The van der Waals surface area contributed by atoms with Gasteiger partial charge in [-0.15, -0.1) is 0 Å². The highest BCUT2D eigenvalue weighted by atomic mass is 35.5. The van der Waals surface area contributed by atoms with Gasteiger partial charge in [-0.25, -0.2) is 9.78 Å². The summed E-state index contributed by atoms with van der Waals surface area (Å²) in [5.41, 5.74) is 1.94. The fourth-order valence-corrected chi connectivity index (χ4v) is 2.78. The maximum atomic E-state index is 11.7. The second-order valence-corrected chi connectivity index (χ2v) is 6.63. The molecule has 32 heavy (non-hydrogen) atoms. The van der Waals surface area contributed by atoms with Crippen molar-refractivity contribution < 1.29 is 19.4 Å². The zero-order valence-corrected chi connectivity index (χ0v) is 17.6. The third-order valence-corrected chi connectivity index (χ3v) is 4.34. The number of carboxylic acid groups (broad SMARTS) is 1. The normalized spacial score (nSPS) is 10.1. The standard InChI is InChI=1S/C21H19ClN6O4/c1-3-18(29)25-14-6-4-5-7-15(14)26-19-13(22)11-23-20(28-19)27-16-9-8-12(24-21(30)31)10-17(16)32-2/h3-11,24H,1H2,2H3,(H,25,29)(H,30,31)(H2,23,26,27,28). The van der Waals surface area contributed by atoms with Gasteiger partial charge in [0.25, 0.3) is 0 Å². The van der Waals surface area contributed by atoms with Crippen LogP contribution < -0.4 is 26.0 Å². The SMILES string of the molecule is C=CC(=O)Nc1ccccc1Nc1nc(Nc2ccc(NC(=O)O)cc2OC)ncc1Cl. The number of carbonyl (C=O) groups is 2. The topological polar surface area (TPSA) is 138 Å². The predicted molar refractivity (Wildman–Crippen MR) is 124 cm³/mol. The number of hydrogen-bond donors (Lipinski definition) is 5. The minimum Gasteiger partial charge on any atom is -0.494 e. The van der Waals surface area contributed by atoms with Crippen molar-refractivity contribution in [2.75, 3.05) is 28.4 Å². The van der Waals surface area contributed by atoms with E-state index in [1.165, 1.54) is 25.4 Å². The van der Waals surface area contributed by atoms with Crippen LogP contribution >= 0.6 is 11.6 Å². The number of benzene rings is 2. The Hall–Kier alpha value is -4.31. The first-order valence-electron chi connectivity index (χ1n) is 9.16. The highest BCUT2D eigenvalue weighted by molar-refractivity contribution is 6.33. The minimum atomic E-state index is -1.19. The number of carbonyl (C=O) groups excluding carboxylic acids is 1. The molecule has 11 heteroatoms. The fraction of sp³-hybridized carbons (Fsp3) is 0.0476. The number of hydrogen-bond acceptors (Lipinski definition) is 7. The highest BCUT2D eigenvalue weighted by Crippen LogP contribution is 2.32. The van der Waals surface area contributed by atoms with E-state index in [1.807, 2.05) is 0 Å². The van der Waals surface area contributed by atoms with Gasteiger partial charge in [0.2, 0.25) is 11.9 Å². The first-order chi connectivity index (χ1) is 15.4. The molecule has 2 aromatic carbocycles. The summed E-state index contributed by atoms with van der Waals surface area (Å²) >= 11 is 6.25. The number of nitrogens with zero attached hydrogens (tertiary/aromatic N) is 2. The molecule has 2 amide bonds. The fourth-order valence-electron chi connectivity index (χ4n) is 2.64. The maximum Gasteiger partial charge on any atom is 0.409 e. The molecule has 0 saturated carbocycles. The number of methoxy groups -OCH3 is 1. The number of aromatic nitrogens is 2. The number of ether oxygens (including phenoxy) is 1. The number of rotatable bonds is 8. The molecule has 0 aliphatic carbocycles. The van der Waals surface area contributed by atoms with Crippen molar-refractivity contribution in [1.82, 2.24) is 9.97 Å². The second kappa shape index (κ2) is 10.1. The molecule has 0 fully saturated rings. The van der Waals surface area contributed by atoms with Crippen molar-refractivity contribution in [3.05, 3.63) is 66.3 Å². The Kier molecular flexibility index (Phi) is 7.09. The molecule has 0 spiro atoms. The van der Waals surface area contributed by atoms with E-state index in [2.05, 4.69) is 37.8 Å². The van der Waals surface area contributed by atoms with Crippen molar-refractivity contribution >= 4 is 58.1 Å². The number of halogens is 1. The van der Waals surface area contributed by atoms with Gasteiger partial charge in [-0.3, -0.25) is 10.1 Å². The van der Waals surface area contributed by atoms with E-state index < -0.39 is 6.09 Å². The third-order valence-electron chi connectivity index (χ3n) is 4.07. The van der Waals surface area contributed by atoms with Crippen LogP contribution in [0.2, 0.25) is 5.02 Å². The summed E-state index contributed by atoms with van der Waals surface area (Å²) in [4.78, 5) is 31.1. The van der Waals surface area contributed by atoms with E-state index >= 15 is 0 Å². The predicted octanol–water partition coefficient (Wildman–Crippen LogP) is 4.84. The number of nitrogens with one attached hydrogen (secondary N) is 4. The molecular weight excluding hydrogens is 436 g/mol. The minimum absolute atomic E-state index is 0.210. The largest absolute Gasteiger partial charge is 0.494 e. The van der Waals surface area contributed by atoms with Gasteiger partial charge < -0.3 is 25.8 Å². The van der Waals surface area contributed by atoms with Crippen LogP contribution in [-0.2, 0) is 4.79 Å². The van der Waals surface area contributed by atoms with E-state index in [0.29, 0.717) is 34.3 Å². The van der Waals surface area contributed by atoms with Crippen LogP contribution in [0.3, 0.4) is 0 Å². The summed E-state index contributed by atoms with van der Waals surface area (Å²) in [6.07, 6.45) is 1.40. The Bertz CT molecular complexity index is 1170. The lowest BCUT2D eigenvalue weighted by molar-refractivity contribution is -0.111. The quantitative estimate of drug-likeness (QED) is 0.305. The molecule has 1 aromatic heterocycles. The number of anilines is 6. The first kappa shape index (κ1) is 22.4. The summed E-state index contributed by atoms with van der Waals surface area (Å²) in [7, 11) is 1.45. The molecule has 5 N–H and O–H groups in total. The molecule has 10 nitrogen and oxygen atoms in total. The Morgan fingerprint density at radius 2 is 1.84 bits per heavy atom. The molecule has 0 saturated heterocycles. The van der Waals surface area contributed by atoms with Gasteiger partial charge in [0, 0.05) is 11.8 Å². The monoisotopic (exact) mass is 454 g/mol. The van der Waals surface area contributed by atoms with Crippen molar-refractivity contribution in [2.24, 2.45) is 0 Å². The van der Waals surface area contributed by atoms with Gasteiger partial charge in [0.1, 0.15) is 10.8 Å². The lowest BCUT2D eigenvalue weighted by atomic mass is 10.2. The maximum absolute atomic E-state index is 11.7. The smallest absolute Gasteiger partial charge is 0.409 e. The zero-order valence-electron chi connectivity index (χ0n) is 16.8. The Labute approximate surface area is 188 Å². The average molecular weight is 455 g/mol. The van der Waals surface area contributed by atoms with Crippen molar-refractivity contribution in [1.29, 1.82) is 0 Å². The Morgan fingerprint density at radius 3 is 2.53 bits per heavy atom. The number of amides is 2. The van der Waals surface area contributed by atoms with Crippen LogP contribution in [0.15, 0.2) is 61.3 Å². The van der Waals surface area contributed by atoms with Gasteiger partial charge in [-0.1, -0.05) is 30.3 Å². The molecule has 0 radical (unpaired) electrons. The van der Waals surface area contributed by atoms with Gasteiger partial charge in [0.05, 0.1) is 30.4 Å². The van der Waals surface area contributed by atoms with E-state index in [4.69, 9.17) is 21.4 Å². The van der Waals surface area contributed by atoms with Crippen LogP contribution in [0.1, 0.15) is 0 Å². The van der Waals surface area contributed by atoms with Gasteiger partial charge in [0.15, 0.2) is 5.82 Å². The molecule has 0 aliphatic heterocycles. The van der Waals surface area contributed by atoms with Gasteiger partial charge in [-0.05, 0) is 30.3 Å². The molecule has 3 rings (SSSR count). The first-order valence-corrected chi connectivity index (χ1v) is 9.54. The summed E-state index contributed by atoms with van der Waals surface area (Å²) in [6, 6.07) is 11.7. The zero-order chi connectivity index (χ0) is 23.1. The van der Waals surface area contributed by atoms with Crippen LogP contribution in [0.5, 0.6) is 5.75 Å². The Balaban J connectivity index is 1.85. The summed E-state index contributed by atoms with van der Waals surface area (Å²) in [6.45, 7) is 3.44. The third kappa shape index (κ3) is 5.64. The molecule has 0 unspecified atom stereocenters. The molecule has 0 aliphatic rings. The lowest BCUT2D eigenvalue weighted by Gasteiger charge is -2.15. The van der Waals surface area contributed by atoms with Crippen LogP contribution in [0.25, 0.3) is 0 Å². The van der Waals surface area contributed by atoms with Crippen LogP contribution in [-0.4, -0.2) is 34.2 Å². The molecule has 3 aromatic rings. The molecule has 0 bridgehead atoms. The number of para-hydroxylation sites is 2. The van der Waals surface area contributed by atoms with Gasteiger partial charge in [-0.2, -0.15) is 4.98 Å². The summed E-state index contributed by atoms with van der Waals surface area (Å²) in [5, 5.41) is 20.2. The second-order valence-electron chi connectivity index (χ2n) is 6.22. The summed E-state index contributed by atoms with van der Waals surface area (Å²) < 4.78 is 5.31. The molecule has 164 valence electrons. The molecule has 1 heterocycles. The highest BCUT2D eigenvalue weighted by Gasteiger charge is 2.12. The van der Waals surface area contributed by atoms with Crippen molar-refractivity contribution in [3.8, 4) is 5.75 Å². The lowest BCUT2D eigenvalue weighted by Crippen LogP contribution is -2.10.